The van der Waals surface area contributed by atoms with Crippen LogP contribution in [-0.2, 0) is 87.9 Å². The van der Waals surface area contributed by atoms with Gasteiger partial charge in [0.1, 0.15) is 72.5 Å². The summed E-state index contributed by atoms with van der Waals surface area (Å²) >= 11 is 4.21. The highest BCUT2D eigenvalue weighted by Gasteiger charge is 2.42. The molecule has 2 aliphatic rings. The molecule has 13 atom stereocenters. The SMILES string of the molecule is CC(C)C[C@H](NC(=O)[C@H](CS)NC(=O)[C@H](Cc1ccccc1)NC(=O)CNC(=O)[C@H](CO)NC(=O)[C@H](CC(=O)O)NC(=O)[C@@H](N)[C@@H](C)O)C(=O)N[C@@H](CC(=O)O)C(=O)N[C@@H](CO)C(=O)N1CCC[C@H]1C(=O)NCC(=O)N1CCC[C@H]1C(=O)N[C@@H](CC(C)C)C(=O)N[C@@H](CC(=O)O)C(=O)O. The summed E-state index contributed by atoms with van der Waals surface area (Å²) in [7, 11) is 0. The summed E-state index contributed by atoms with van der Waals surface area (Å²) in [5.41, 5.74) is 6.05. The number of carboxylic acids is 4. The molecular weight excluding hydrogens is 1330 g/mol. The van der Waals surface area contributed by atoms with Crippen molar-refractivity contribution in [2.45, 2.75) is 177 Å². The van der Waals surface area contributed by atoms with Crippen LogP contribution in [0.25, 0.3) is 0 Å². The van der Waals surface area contributed by atoms with Gasteiger partial charge in [-0.2, -0.15) is 12.6 Å². The Morgan fingerprint density at radius 3 is 1.40 bits per heavy atom. The molecule has 20 N–H and O–H groups in total. The summed E-state index contributed by atoms with van der Waals surface area (Å²) in [5, 5.41) is 92.8. The van der Waals surface area contributed by atoms with Gasteiger partial charge in [0.2, 0.25) is 76.8 Å². The third-order valence-corrected chi connectivity index (χ3v) is 15.8. The predicted molar refractivity (Wildman–Crippen MR) is 344 cm³/mol. The van der Waals surface area contributed by atoms with Gasteiger partial charge in [-0.15, -0.1) is 0 Å². The number of rotatable bonds is 41. The Kier molecular flexibility index (Phi) is 34.6. The number of amides is 13. The van der Waals surface area contributed by atoms with E-state index in [0.717, 1.165) is 16.7 Å². The standard InChI is InChI=1S/C60H90N14O24S/c1-28(2)17-32(65-55(92)40(27-99)72-52(89)34(19-31-11-7-6-8-12-31)64-43(78)23-62-49(86)38(25-75)70-53(90)36(21-46(82)83)68-58(95)48(61)30(5)77)50(87)66-35(20-45(80)81)54(91)71-39(26-76)59(96)74-16-10-13-41(74)56(93)63-24-44(79)73-15-9-14-42(73)57(94)67-33(18-29(3)4)51(88)69-37(60(97)98)22-47(84)85/h6-8,11-12,28-30,32-42,48,75-77,99H,9-10,13-27,61H2,1-5H3,(H,62,86)(H,63,93)(H,64,78)(H,65,92)(H,66,87)(H,67,94)(H,68,95)(H,69,88)(H,70,90)(H,71,91)(H,72,89)(H,80,81)(H,82,83)(H,84,85)(H,97,98)/t30-,32+,33+,34+,35+,36+,37+,38+,39+,40+,41+,42+,48+/m1/s1. The van der Waals surface area contributed by atoms with E-state index in [2.05, 4.69) is 60.5 Å². The van der Waals surface area contributed by atoms with E-state index in [1.165, 1.54) is 0 Å². The van der Waals surface area contributed by atoms with Crippen LogP contribution in [-0.4, -0.2) is 270 Å². The summed E-state index contributed by atoms with van der Waals surface area (Å²) in [6, 6.07) is -11.3. The molecule has 39 heteroatoms. The molecule has 0 aromatic heterocycles. The Balaban J connectivity index is 1.71. The number of carbonyl (C=O) groups is 17. The van der Waals surface area contributed by atoms with Crippen LogP contribution in [0.5, 0.6) is 0 Å². The first kappa shape index (κ1) is 83.6. The van der Waals surface area contributed by atoms with Crippen LogP contribution in [0.3, 0.4) is 0 Å². The molecule has 2 aliphatic heterocycles. The molecule has 0 saturated carbocycles. The van der Waals surface area contributed by atoms with Crippen molar-refractivity contribution in [1.82, 2.24) is 68.3 Å². The number of carbonyl (C=O) groups excluding carboxylic acids is 13. The molecule has 99 heavy (non-hydrogen) atoms. The van der Waals surface area contributed by atoms with Gasteiger partial charge in [-0.25, -0.2) is 4.79 Å². The van der Waals surface area contributed by atoms with Crippen molar-refractivity contribution in [2.24, 2.45) is 17.6 Å². The molecular formula is C60H90N14O24S. The monoisotopic (exact) mass is 1420 g/mol. The van der Waals surface area contributed by atoms with Crippen molar-refractivity contribution >= 4 is 113 Å². The van der Waals surface area contributed by atoms with E-state index >= 15 is 0 Å². The molecule has 1 aromatic carbocycles. The summed E-state index contributed by atoms with van der Waals surface area (Å²) in [5.74, 6) is -20.9. The number of hydrogen-bond acceptors (Lipinski definition) is 22. The second-order valence-corrected chi connectivity index (χ2v) is 24.7. The molecule has 0 aliphatic carbocycles. The number of thiol groups is 1. The van der Waals surface area contributed by atoms with Gasteiger partial charge in [0.25, 0.3) is 0 Å². The summed E-state index contributed by atoms with van der Waals surface area (Å²) in [4.78, 5) is 224. The van der Waals surface area contributed by atoms with Crippen molar-refractivity contribution < 1.29 is 117 Å². The lowest BCUT2D eigenvalue weighted by atomic mass is 10.0. The van der Waals surface area contributed by atoms with Crippen LogP contribution in [0, 0.1) is 11.8 Å². The third-order valence-electron chi connectivity index (χ3n) is 15.4. The van der Waals surface area contributed by atoms with E-state index in [9.17, 15) is 112 Å². The zero-order valence-electron chi connectivity index (χ0n) is 55.1. The number of nitrogens with two attached hydrogens (primary N) is 1. The minimum atomic E-state index is -1.99. The number of aliphatic hydroxyl groups is 3. The molecule has 550 valence electrons. The van der Waals surface area contributed by atoms with Crippen molar-refractivity contribution in [3.8, 4) is 0 Å². The van der Waals surface area contributed by atoms with Gasteiger partial charge >= 0.3 is 23.9 Å². The lowest BCUT2D eigenvalue weighted by molar-refractivity contribution is -0.147. The molecule has 0 bridgehead atoms. The Bertz CT molecular complexity index is 3090. The maximum atomic E-state index is 14.1. The highest BCUT2D eigenvalue weighted by Crippen LogP contribution is 2.21. The molecule has 13 amide bonds. The number of aliphatic carboxylic acids is 4. The third kappa shape index (κ3) is 27.7. The molecule has 2 saturated heterocycles. The number of hydrogen-bond donors (Lipinski definition) is 20. The zero-order chi connectivity index (χ0) is 74.5. The van der Waals surface area contributed by atoms with Crippen molar-refractivity contribution in [1.29, 1.82) is 0 Å². The zero-order valence-corrected chi connectivity index (χ0v) is 56.0. The highest BCUT2D eigenvalue weighted by atomic mass is 32.1. The molecule has 0 radical (unpaired) electrons. The van der Waals surface area contributed by atoms with Gasteiger partial charge in [0, 0.05) is 25.3 Å². The van der Waals surface area contributed by atoms with E-state index < -0.39 is 237 Å². The Morgan fingerprint density at radius 2 is 0.909 bits per heavy atom. The van der Waals surface area contributed by atoms with Crippen LogP contribution in [0.4, 0.5) is 0 Å². The average Bonchev–Trinajstić information content (AvgIpc) is 1.74. The van der Waals surface area contributed by atoms with Crippen LogP contribution in [0.2, 0.25) is 0 Å². The van der Waals surface area contributed by atoms with Gasteiger partial charge in [-0.3, -0.25) is 76.7 Å². The lowest BCUT2D eigenvalue weighted by Gasteiger charge is -2.30. The van der Waals surface area contributed by atoms with E-state index in [1.807, 2.05) is 10.6 Å². The fourth-order valence-electron chi connectivity index (χ4n) is 10.3. The molecule has 0 spiro atoms. The molecule has 3 rings (SSSR count). The molecule has 1 aromatic rings. The van der Waals surface area contributed by atoms with E-state index in [0.29, 0.717) is 12.0 Å². The van der Waals surface area contributed by atoms with Crippen LogP contribution in [0.1, 0.15) is 98.0 Å². The van der Waals surface area contributed by atoms with Crippen LogP contribution >= 0.6 is 12.6 Å². The van der Waals surface area contributed by atoms with E-state index in [1.54, 1.807) is 58.0 Å². The first-order valence-corrected chi connectivity index (χ1v) is 32.2. The number of nitrogens with one attached hydrogen (secondary N) is 11. The van der Waals surface area contributed by atoms with Crippen molar-refractivity contribution in [2.75, 3.05) is 45.1 Å². The maximum Gasteiger partial charge on any atom is 0.326 e. The normalized spacial score (nSPS) is 17.5. The van der Waals surface area contributed by atoms with Crippen LogP contribution < -0.4 is 64.2 Å². The maximum absolute atomic E-state index is 14.1. The number of aliphatic hydroxyl groups excluding tert-OH is 3. The Hall–Kier alpha value is -9.60. The number of likely N-dealkylation sites (tertiary alicyclic amines) is 2. The van der Waals surface area contributed by atoms with Crippen molar-refractivity contribution in [3.63, 3.8) is 0 Å². The van der Waals surface area contributed by atoms with E-state index in [-0.39, 0.29) is 57.5 Å². The quantitative estimate of drug-likeness (QED) is 0.0271. The van der Waals surface area contributed by atoms with Crippen LogP contribution in [0.15, 0.2) is 30.3 Å². The average molecular weight is 1420 g/mol. The first-order valence-electron chi connectivity index (χ1n) is 31.6. The number of nitrogens with zero attached hydrogens (tertiary/aromatic N) is 2. The minimum absolute atomic E-state index is 0.00430. The first-order chi connectivity index (χ1) is 46.5. The smallest absolute Gasteiger partial charge is 0.326 e. The molecule has 0 unspecified atom stereocenters. The van der Waals surface area contributed by atoms with Gasteiger partial charge in [-0.1, -0.05) is 58.0 Å². The summed E-state index contributed by atoms with van der Waals surface area (Å²) in [6.07, 6.45) is -4.19. The topological polar surface area (TPSA) is 597 Å². The largest absolute Gasteiger partial charge is 0.481 e. The van der Waals surface area contributed by atoms with Gasteiger partial charge in [0.15, 0.2) is 0 Å². The molecule has 38 nitrogen and oxygen atoms in total. The van der Waals surface area contributed by atoms with Gasteiger partial charge in [-0.05, 0) is 62.8 Å². The fraction of sp³-hybridized carbons (Fsp3) is 0.617. The molecule has 2 heterocycles. The Labute approximate surface area is 572 Å². The van der Waals surface area contributed by atoms with E-state index in [4.69, 9.17) is 10.8 Å². The predicted octanol–water partition coefficient (Wildman–Crippen LogP) is -7.97. The lowest BCUT2D eigenvalue weighted by Crippen LogP contribution is -2.61. The van der Waals surface area contributed by atoms with Gasteiger partial charge < -0.3 is 110 Å². The summed E-state index contributed by atoms with van der Waals surface area (Å²) < 4.78 is 0. The fourth-order valence-corrected chi connectivity index (χ4v) is 10.6. The Morgan fingerprint density at radius 1 is 0.485 bits per heavy atom. The second-order valence-electron chi connectivity index (χ2n) is 24.4. The highest BCUT2D eigenvalue weighted by molar-refractivity contribution is 7.80. The summed E-state index contributed by atoms with van der Waals surface area (Å²) in [6.45, 7) is 3.99. The van der Waals surface area contributed by atoms with Crippen molar-refractivity contribution in [3.05, 3.63) is 35.9 Å². The molecule has 2 fully saturated rings. The minimum Gasteiger partial charge on any atom is -0.481 e. The second kappa shape index (κ2) is 41.0. The number of carboxylic acid groups (broad SMARTS) is 4. The number of benzene rings is 1. The van der Waals surface area contributed by atoms with Gasteiger partial charge in [0.05, 0.1) is 51.7 Å².